The highest BCUT2D eigenvalue weighted by Gasteiger charge is 2.11. The van der Waals surface area contributed by atoms with Gasteiger partial charge >= 0.3 is 0 Å². The maximum Gasteiger partial charge on any atom is 0.267 e. The van der Waals surface area contributed by atoms with Crippen LogP contribution in [0, 0.1) is 5.82 Å². The summed E-state index contributed by atoms with van der Waals surface area (Å²) in [5, 5.41) is 3.53. The molecule has 23 heavy (non-hydrogen) atoms. The third kappa shape index (κ3) is 3.15. The molecule has 0 aliphatic heterocycles. The number of benzene rings is 1. The smallest absolute Gasteiger partial charge is 0.267 e. The Bertz CT molecular complexity index is 857. The van der Waals surface area contributed by atoms with Gasteiger partial charge in [-0.15, -0.1) is 0 Å². The van der Waals surface area contributed by atoms with Crippen LogP contribution in [0.2, 0.25) is 0 Å². The van der Waals surface area contributed by atoms with Crippen molar-refractivity contribution in [2.24, 2.45) is 0 Å². The maximum absolute atomic E-state index is 13.2. The van der Waals surface area contributed by atoms with Crippen LogP contribution in [0.15, 0.2) is 42.6 Å². The summed E-state index contributed by atoms with van der Waals surface area (Å²) >= 11 is 0. The molecular weight excluding hydrogens is 295 g/mol. The fraction of sp³-hybridized carbons (Fsp3) is 0.176. The van der Waals surface area contributed by atoms with Crippen LogP contribution in [0.5, 0.6) is 0 Å². The van der Waals surface area contributed by atoms with Crippen molar-refractivity contribution in [1.29, 1.82) is 0 Å². The van der Waals surface area contributed by atoms with Crippen LogP contribution in [0.25, 0.3) is 10.9 Å². The monoisotopic (exact) mass is 312 g/mol. The van der Waals surface area contributed by atoms with E-state index in [0.29, 0.717) is 17.6 Å². The number of aromatic nitrogens is 2. The van der Waals surface area contributed by atoms with E-state index in [9.17, 15) is 9.18 Å². The summed E-state index contributed by atoms with van der Waals surface area (Å²) in [6.45, 7) is 0.365. The van der Waals surface area contributed by atoms with Crippen LogP contribution in [0.4, 0.5) is 10.2 Å². The molecule has 0 spiro atoms. The van der Waals surface area contributed by atoms with E-state index < -0.39 is 0 Å². The number of hydrogen-bond acceptors (Lipinski definition) is 3. The minimum absolute atomic E-state index is 0.241. The Labute approximate surface area is 133 Å². The molecule has 1 aromatic carbocycles. The number of carbonyl (C=O) groups is 1. The number of H-pyrrole nitrogens is 1. The average molecular weight is 312 g/mol. The van der Waals surface area contributed by atoms with Gasteiger partial charge in [0.05, 0.1) is 0 Å². The van der Waals surface area contributed by atoms with Gasteiger partial charge in [-0.25, -0.2) is 9.37 Å². The van der Waals surface area contributed by atoms with Crippen LogP contribution >= 0.6 is 0 Å². The molecule has 0 saturated heterocycles. The average Bonchev–Trinajstić information content (AvgIpc) is 2.95. The van der Waals surface area contributed by atoms with Gasteiger partial charge in [0, 0.05) is 43.3 Å². The lowest BCUT2D eigenvalue weighted by molar-refractivity contribution is 0.0947. The van der Waals surface area contributed by atoms with Gasteiger partial charge in [-0.3, -0.25) is 4.79 Å². The number of hydrogen-bond donors (Lipinski definition) is 2. The number of amides is 1. The first kappa shape index (κ1) is 15.0. The molecular formula is C17H17FN4O. The molecule has 0 fully saturated rings. The topological polar surface area (TPSA) is 61.0 Å². The first-order valence-electron chi connectivity index (χ1n) is 7.22. The van der Waals surface area contributed by atoms with E-state index in [0.717, 1.165) is 16.9 Å². The lowest BCUT2D eigenvalue weighted by atomic mass is 10.2. The van der Waals surface area contributed by atoms with Gasteiger partial charge in [-0.05, 0) is 30.3 Å². The molecule has 0 unspecified atom stereocenters. The summed E-state index contributed by atoms with van der Waals surface area (Å²) in [5.41, 5.74) is 2.06. The lowest BCUT2D eigenvalue weighted by Crippen LogP contribution is -2.24. The molecule has 3 rings (SSSR count). The van der Waals surface area contributed by atoms with Crippen molar-refractivity contribution in [2.45, 2.75) is 6.54 Å². The summed E-state index contributed by atoms with van der Waals surface area (Å²) in [6, 6.07) is 9.77. The number of pyridine rings is 1. The van der Waals surface area contributed by atoms with Gasteiger partial charge < -0.3 is 15.2 Å². The predicted molar refractivity (Wildman–Crippen MR) is 88.0 cm³/mol. The van der Waals surface area contributed by atoms with E-state index in [1.807, 2.05) is 31.1 Å². The van der Waals surface area contributed by atoms with Crippen LogP contribution in [-0.4, -0.2) is 30.0 Å². The molecule has 2 heterocycles. The zero-order chi connectivity index (χ0) is 16.4. The Morgan fingerprint density at radius 2 is 2.13 bits per heavy atom. The molecule has 2 N–H and O–H groups in total. The standard InChI is InChI=1S/C17H17FN4O/c1-22(2)16-11(4-3-7-19-16)10-20-17(23)15-9-12-8-13(18)5-6-14(12)21-15/h3-9,21H,10H2,1-2H3,(H,20,23). The Morgan fingerprint density at radius 3 is 2.91 bits per heavy atom. The number of carbonyl (C=O) groups excluding carboxylic acids is 1. The predicted octanol–water partition coefficient (Wildman–Crippen LogP) is 2.70. The van der Waals surface area contributed by atoms with Crippen LogP contribution in [-0.2, 0) is 6.54 Å². The molecule has 1 amide bonds. The van der Waals surface area contributed by atoms with Crippen molar-refractivity contribution in [2.75, 3.05) is 19.0 Å². The Hall–Kier alpha value is -2.89. The fourth-order valence-corrected chi connectivity index (χ4v) is 2.47. The molecule has 0 atom stereocenters. The largest absolute Gasteiger partial charge is 0.362 e. The van der Waals surface area contributed by atoms with Gasteiger partial charge in [0.1, 0.15) is 17.3 Å². The quantitative estimate of drug-likeness (QED) is 0.778. The van der Waals surface area contributed by atoms with E-state index in [4.69, 9.17) is 0 Å². The number of nitrogens with zero attached hydrogens (tertiary/aromatic N) is 2. The second kappa shape index (κ2) is 6.08. The number of aromatic amines is 1. The maximum atomic E-state index is 13.2. The lowest BCUT2D eigenvalue weighted by Gasteiger charge is -2.15. The normalized spacial score (nSPS) is 10.7. The molecule has 118 valence electrons. The zero-order valence-corrected chi connectivity index (χ0v) is 12.9. The van der Waals surface area contributed by atoms with Crippen molar-refractivity contribution < 1.29 is 9.18 Å². The number of nitrogens with one attached hydrogen (secondary N) is 2. The Kier molecular flexibility index (Phi) is 3.97. The number of anilines is 1. The second-order valence-electron chi connectivity index (χ2n) is 5.48. The van der Waals surface area contributed by atoms with Gasteiger partial charge in [0.25, 0.3) is 5.91 Å². The molecule has 0 radical (unpaired) electrons. The molecule has 2 aromatic heterocycles. The van der Waals surface area contributed by atoms with Crippen molar-refractivity contribution in [3.8, 4) is 0 Å². The van der Waals surface area contributed by atoms with E-state index in [1.54, 1.807) is 18.3 Å². The Balaban J connectivity index is 1.76. The summed E-state index contributed by atoms with van der Waals surface area (Å²) in [5.74, 6) is 0.246. The second-order valence-corrected chi connectivity index (χ2v) is 5.48. The van der Waals surface area contributed by atoms with E-state index in [1.165, 1.54) is 12.1 Å². The van der Waals surface area contributed by atoms with Crippen LogP contribution < -0.4 is 10.2 Å². The molecule has 0 saturated carbocycles. The highest BCUT2D eigenvalue weighted by Crippen LogP contribution is 2.17. The number of fused-ring (bicyclic) bond motifs is 1. The third-order valence-corrected chi connectivity index (χ3v) is 3.56. The molecule has 6 heteroatoms. The minimum Gasteiger partial charge on any atom is -0.362 e. The van der Waals surface area contributed by atoms with E-state index in [-0.39, 0.29) is 11.7 Å². The minimum atomic E-state index is -0.325. The van der Waals surface area contributed by atoms with Crippen LogP contribution in [0.3, 0.4) is 0 Å². The molecule has 0 aliphatic rings. The highest BCUT2D eigenvalue weighted by atomic mass is 19.1. The summed E-state index contributed by atoms with van der Waals surface area (Å²) in [4.78, 5) is 21.5. The van der Waals surface area contributed by atoms with Crippen molar-refractivity contribution in [1.82, 2.24) is 15.3 Å². The number of halogens is 1. The van der Waals surface area contributed by atoms with Crippen molar-refractivity contribution >= 4 is 22.6 Å². The summed E-state index contributed by atoms with van der Waals surface area (Å²) in [6.07, 6.45) is 1.72. The molecule has 5 nitrogen and oxygen atoms in total. The fourth-order valence-electron chi connectivity index (χ4n) is 2.47. The number of rotatable bonds is 4. The van der Waals surface area contributed by atoms with Crippen molar-refractivity contribution in [3.63, 3.8) is 0 Å². The van der Waals surface area contributed by atoms with E-state index >= 15 is 0 Å². The summed E-state index contributed by atoms with van der Waals surface area (Å²) < 4.78 is 13.2. The zero-order valence-electron chi connectivity index (χ0n) is 12.9. The SMILES string of the molecule is CN(C)c1ncccc1CNC(=O)c1cc2cc(F)ccc2[nH]1. The highest BCUT2D eigenvalue weighted by molar-refractivity contribution is 5.98. The van der Waals surface area contributed by atoms with Crippen molar-refractivity contribution in [3.05, 3.63) is 59.7 Å². The van der Waals surface area contributed by atoms with Gasteiger partial charge in [0.15, 0.2) is 0 Å². The summed E-state index contributed by atoms with van der Waals surface area (Å²) in [7, 11) is 3.81. The van der Waals surface area contributed by atoms with E-state index in [2.05, 4.69) is 15.3 Å². The molecule has 0 bridgehead atoms. The molecule has 0 aliphatic carbocycles. The Morgan fingerprint density at radius 1 is 1.30 bits per heavy atom. The first-order valence-corrected chi connectivity index (χ1v) is 7.22. The van der Waals surface area contributed by atoms with Gasteiger partial charge in [-0.1, -0.05) is 6.07 Å². The third-order valence-electron chi connectivity index (χ3n) is 3.56. The van der Waals surface area contributed by atoms with Gasteiger partial charge in [-0.2, -0.15) is 0 Å². The van der Waals surface area contributed by atoms with Crippen LogP contribution in [0.1, 0.15) is 16.1 Å². The van der Waals surface area contributed by atoms with Gasteiger partial charge in [0.2, 0.25) is 0 Å². The molecule has 3 aromatic rings. The first-order chi connectivity index (χ1) is 11.0.